The van der Waals surface area contributed by atoms with Gasteiger partial charge < -0.3 is 9.80 Å². The molecule has 2 rings (SSSR count). The lowest BCUT2D eigenvalue weighted by Crippen LogP contribution is -2.44. The molecule has 4 nitrogen and oxygen atoms in total. The Morgan fingerprint density at radius 2 is 1.65 bits per heavy atom. The normalized spacial score (nSPS) is 25.1. The molecule has 2 atom stereocenters. The third kappa shape index (κ3) is 4.46. The van der Waals surface area contributed by atoms with Crippen LogP contribution in [0, 0.1) is 10.8 Å². The Labute approximate surface area is 141 Å². The van der Waals surface area contributed by atoms with E-state index in [4.69, 9.17) is 0 Å². The van der Waals surface area contributed by atoms with Gasteiger partial charge in [-0.1, -0.05) is 41.5 Å². The maximum absolute atomic E-state index is 4.62. The highest BCUT2D eigenvalue weighted by Crippen LogP contribution is 2.29. The minimum atomic E-state index is 0.196. The largest absolute Gasteiger partial charge is 0.359 e. The Bertz CT molecular complexity index is 529. The van der Waals surface area contributed by atoms with Gasteiger partial charge in [0, 0.05) is 31.9 Å². The smallest absolute Gasteiger partial charge is 0.0910 e. The van der Waals surface area contributed by atoms with E-state index >= 15 is 0 Å². The van der Waals surface area contributed by atoms with Crippen LogP contribution in [0.4, 0.5) is 0 Å². The Morgan fingerprint density at radius 3 is 2.26 bits per heavy atom. The van der Waals surface area contributed by atoms with E-state index in [1.54, 1.807) is 0 Å². The van der Waals surface area contributed by atoms with Gasteiger partial charge >= 0.3 is 0 Å². The van der Waals surface area contributed by atoms with Crippen molar-refractivity contribution in [2.45, 2.75) is 60.0 Å². The number of likely N-dealkylation sites (N-methyl/N-ethyl adjacent to an activating group) is 1. The topological polar surface area (TPSA) is 31.2 Å². The second-order valence-corrected chi connectivity index (χ2v) is 8.78. The predicted molar refractivity (Wildman–Crippen MR) is 99.8 cm³/mol. The van der Waals surface area contributed by atoms with E-state index in [9.17, 15) is 0 Å². The number of hydrogen-bond donors (Lipinski definition) is 0. The van der Waals surface area contributed by atoms with Crippen LogP contribution >= 0.6 is 0 Å². The molecule has 23 heavy (non-hydrogen) atoms. The lowest BCUT2D eigenvalue weighted by molar-refractivity contribution is 0.210. The summed E-state index contributed by atoms with van der Waals surface area (Å²) in [5, 5.41) is 0. The summed E-state index contributed by atoms with van der Waals surface area (Å²) >= 11 is 0. The minimum absolute atomic E-state index is 0.196. The molecule has 0 aromatic heterocycles. The van der Waals surface area contributed by atoms with Crippen molar-refractivity contribution in [2.24, 2.45) is 20.8 Å². The van der Waals surface area contributed by atoms with Crippen molar-refractivity contribution in [3.63, 3.8) is 0 Å². The summed E-state index contributed by atoms with van der Waals surface area (Å²) in [4.78, 5) is 13.5. The van der Waals surface area contributed by atoms with Crippen LogP contribution in [0.1, 0.15) is 48.0 Å². The summed E-state index contributed by atoms with van der Waals surface area (Å²) in [5.74, 6) is 0. The highest BCUT2D eigenvalue weighted by molar-refractivity contribution is 5.60. The van der Waals surface area contributed by atoms with E-state index in [1.165, 1.54) is 5.70 Å². The zero-order valence-electron chi connectivity index (χ0n) is 15.7. The van der Waals surface area contributed by atoms with Gasteiger partial charge in [0.15, 0.2) is 0 Å². The SMILES string of the molecule is CN1C=NC(CCN2C=NC=CC2C(C)(C)C)=CC1C(C)(C)C. The first-order valence-corrected chi connectivity index (χ1v) is 8.51. The van der Waals surface area contributed by atoms with Crippen molar-refractivity contribution in [3.8, 4) is 0 Å². The molecule has 4 heteroatoms. The molecule has 0 bridgehead atoms. The van der Waals surface area contributed by atoms with Crippen LogP contribution in [0.5, 0.6) is 0 Å². The molecule has 0 aromatic carbocycles. The Balaban J connectivity index is 2.04. The summed E-state index contributed by atoms with van der Waals surface area (Å²) in [6.07, 6.45) is 11.3. The molecule has 0 saturated carbocycles. The van der Waals surface area contributed by atoms with Gasteiger partial charge in [-0.05, 0) is 23.0 Å². The molecule has 0 aromatic rings. The molecule has 0 radical (unpaired) electrons. The van der Waals surface area contributed by atoms with Gasteiger partial charge in [-0.2, -0.15) is 0 Å². The first-order valence-electron chi connectivity index (χ1n) is 8.51. The summed E-state index contributed by atoms with van der Waals surface area (Å²) in [6, 6.07) is 0.776. The second-order valence-electron chi connectivity index (χ2n) is 8.78. The molecule has 0 fully saturated rings. The fourth-order valence-electron chi connectivity index (χ4n) is 3.25. The van der Waals surface area contributed by atoms with Crippen molar-refractivity contribution < 1.29 is 0 Å². The first kappa shape index (κ1) is 17.8. The molecule has 0 spiro atoms. The minimum Gasteiger partial charge on any atom is -0.359 e. The average molecular weight is 316 g/mol. The molecule has 0 saturated heterocycles. The van der Waals surface area contributed by atoms with Gasteiger partial charge in [0.25, 0.3) is 0 Å². The molecule has 0 amide bonds. The summed E-state index contributed by atoms with van der Waals surface area (Å²) in [6.45, 7) is 14.6. The summed E-state index contributed by atoms with van der Waals surface area (Å²) < 4.78 is 0. The van der Waals surface area contributed by atoms with Crippen LogP contribution in [-0.2, 0) is 0 Å². The first-order chi connectivity index (χ1) is 10.6. The number of aliphatic imine (C=N–C) groups is 2. The standard InChI is InChI=1S/C19H32N4/c1-18(2,3)16-8-10-20-13-23(16)11-9-15-12-17(19(4,5)6)22(7)14-21-15/h8,10,12-14,16-17H,9,11H2,1-7H3. The van der Waals surface area contributed by atoms with E-state index in [1.807, 2.05) is 18.9 Å². The van der Waals surface area contributed by atoms with Crippen molar-refractivity contribution in [1.29, 1.82) is 0 Å². The van der Waals surface area contributed by atoms with Crippen molar-refractivity contribution in [2.75, 3.05) is 13.6 Å². The Kier molecular flexibility index (Phi) is 5.02. The Morgan fingerprint density at radius 1 is 1.00 bits per heavy atom. The van der Waals surface area contributed by atoms with Gasteiger partial charge in [-0.25, -0.2) is 9.98 Å². The number of nitrogens with zero attached hydrogens (tertiary/aromatic N) is 4. The fourth-order valence-corrected chi connectivity index (χ4v) is 3.25. The van der Waals surface area contributed by atoms with Gasteiger partial charge in [-0.15, -0.1) is 0 Å². The third-order valence-corrected chi connectivity index (χ3v) is 4.52. The summed E-state index contributed by atoms with van der Waals surface area (Å²) in [5.41, 5.74) is 1.58. The lowest BCUT2D eigenvalue weighted by Gasteiger charge is -2.39. The van der Waals surface area contributed by atoms with Gasteiger partial charge in [0.2, 0.25) is 0 Å². The molecule has 0 N–H and O–H groups in total. The highest BCUT2D eigenvalue weighted by atomic mass is 15.2. The van der Waals surface area contributed by atoms with Gasteiger partial charge in [-0.3, -0.25) is 0 Å². The van der Waals surface area contributed by atoms with E-state index in [2.05, 4.69) is 80.5 Å². The van der Waals surface area contributed by atoms with Gasteiger partial charge in [0.1, 0.15) is 0 Å². The van der Waals surface area contributed by atoms with Crippen molar-refractivity contribution >= 4 is 12.7 Å². The molecule has 2 aliphatic heterocycles. The number of hydrogen-bond acceptors (Lipinski definition) is 4. The molecule has 2 aliphatic rings. The van der Waals surface area contributed by atoms with Crippen LogP contribution in [0.2, 0.25) is 0 Å². The molecule has 2 heterocycles. The van der Waals surface area contributed by atoms with E-state index in [0.717, 1.165) is 13.0 Å². The van der Waals surface area contributed by atoms with E-state index < -0.39 is 0 Å². The molecular formula is C19H32N4. The maximum Gasteiger partial charge on any atom is 0.0910 e. The third-order valence-electron chi connectivity index (χ3n) is 4.52. The lowest BCUT2D eigenvalue weighted by atomic mass is 9.84. The number of rotatable bonds is 3. The monoisotopic (exact) mass is 316 g/mol. The predicted octanol–water partition coefficient (Wildman–Crippen LogP) is 3.92. The van der Waals surface area contributed by atoms with Crippen LogP contribution in [0.25, 0.3) is 0 Å². The molecule has 2 unspecified atom stereocenters. The Hall–Kier alpha value is -1.58. The average Bonchev–Trinajstić information content (AvgIpc) is 2.44. The van der Waals surface area contributed by atoms with Gasteiger partial charge in [0.05, 0.1) is 24.8 Å². The van der Waals surface area contributed by atoms with Crippen LogP contribution in [0.15, 0.2) is 34.0 Å². The second kappa shape index (κ2) is 6.50. The molecular weight excluding hydrogens is 284 g/mol. The zero-order chi connectivity index (χ0) is 17.3. The van der Waals surface area contributed by atoms with Crippen LogP contribution < -0.4 is 0 Å². The zero-order valence-corrected chi connectivity index (χ0v) is 15.7. The van der Waals surface area contributed by atoms with Crippen molar-refractivity contribution in [1.82, 2.24) is 9.80 Å². The van der Waals surface area contributed by atoms with E-state index in [-0.39, 0.29) is 10.8 Å². The fraction of sp³-hybridized carbons (Fsp3) is 0.684. The molecule has 0 aliphatic carbocycles. The van der Waals surface area contributed by atoms with Crippen LogP contribution in [0.3, 0.4) is 0 Å². The summed E-state index contributed by atoms with van der Waals surface area (Å²) in [7, 11) is 2.10. The highest BCUT2D eigenvalue weighted by Gasteiger charge is 2.30. The maximum atomic E-state index is 4.62. The van der Waals surface area contributed by atoms with E-state index in [0.29, 0.717) is 12.1 Å². The van der Waals surface area contributed by atoms with Crippen LogP contribution in [-0.4, -0.2) is 48.2 Å². The molecule has 128 valence electrons. The quantitative estimate of drug-likeness (QED) is 0.790. The van der Waals surface area contributed by atoms with Crippen molar-refractivity contribution in [3.05, 3.63) is 24.0 Å².